The Hall–Kier alpha value is -2.64. The second kappa shape index (κ2) is 5.78. The first kappa shape index (κ1) is 14.8. The lowest BCUT2D eigenvalue weighted by molar-refractivity contribution is 0.0603. The van der Waals surface area contributed by atoms with E-state index < -0.39 is 5.97 Å². The molecule has 0 atom stereocenters. The van der Waals surface area contributed by atoms with E-state index in [2.05, 4.69) is 20.6 Å². The molecule has 2 aromatic heterocycles. The molecule has 2 aromatic rings. The van der Waals surface area contributed by atoms with Crippen LogP contribution in [0.1, 0.15) is 29.9 Å². The third kappa shape index (κ3) is 2.93. The molecule has 2 rings (SSSR count). The molecule has 0 aliphatic heterocycles. The zero-order chi connectivity index (χ0) is 15.6. The molecule has 0 bridgehead atoms. The number of hydrogen-bond donors (Lipinski definition) is 2. The molecule has 8 heteroatoms. The minimum Gasteiger partial charge on any atom is -0.465 e. The van der Waals surface area contributed by atoms with Crippen LogP contribution in [-0.4, -0.2) is 39.1 Å². The fourth-order valence-electron chi connectivity index (χ4n) is 1.79. The molecule has 0 radical (unpaired) electrons. The topological polar surface area (TPSA) is 108 Å². The van der Waals surface area contributed by atoms with Crippen LogP contribution in [0.15, 0.2) is 12.1 Å². The summed E-state index contributed by atoms with van der Waals surface area (Å²) in [4.78, 5) is 11.9. The summed E-state index contributed by atoms with van der Waals surface area (Å²) in [5.41, 5.74) is 6.98. The standard InChI is InChI=1S/C13H18N6O2/c1-7(2)15-12-10(13(20)21-4)11(14)19(18-12)9-6-5-8(3)16-17-9/h5-7H,14H2,1-4H3,(H,15,18). The SMILES string of the molecule is COC(=O)c1c(NC(C)C)nn(-c2ccc(C)nn2)c1N. The van der Waals surface area contributed by atoms with E-state index in [0.717, 1.165) is 5.69 Å². The zero-order valence-corrected chi connectivity index (χ0v) is 12.4. The number of aromatic nitrogens is 4. The van der Waals surface area contributed by atoms with E-state index in [0.29, 0.717) is 11.6 Å². The van der Waals surface area contributed by atoms with E-state index in [1.54, 1.807) is 12.1 Å². The van der Waals surface area contributed by atoms with Crippen molar-refractivity contribution in [2.75, 3.05) is 18.2 Å². The summed E-state index contributed by atoms with van der Waals surface area (Å²) in [6, 6.07) is 3.60. The van der Waals surface area contributed by atoms with Crippen LogP contribution in [0.4, 0.5) is 11.6 Å². The average Bonchev–Trinajstić information content (AvgIpc) is 2.75. The molecule has 21 heavy (non-hydrogen) atoms. The Labute approximate surface area is 122 Å². The summed E-state index contributed by atoms with van der Waals surface area (Å²) >= 11 is 0. The van der Waals surface area contributed by atoms with Crippen LogP contribution in [0.3, 0.4) is 0 Å². The third-order valence-corrected chi connectivity index (χ3v) is 2.74. The number of nitrogen functional groups attached to an aromatic ring is 1. The highest BCUT2D eigenvalue weighted by atomic mass is 16.5. The Bertz CT molecular complexity index is 647. The number of anilines is 2. The fraction of sp³-hybridized carbons (Fsp3) is 0.385. The maximum atomic E-state index is 11.9. The van der Waals surface area contributed by atoms with Gasteiger partial charge in [-0.15, -0.1) is 10.2 Å². The van der Waals surface area contributed by atoms with Crippen molar-refractivity contribution >= 4 is 17.6 Å². The number of hydrogen-bond acceptors (Lipinski definition) is 7. The maximum Gasteiger partial charge on any atom is 0.345 e. The second-order valence-electron chi connectivity index (χ2n) is 4.84. The van der Waals surface area contributed by atoms with Gasteiger partial charge in [-0.05, 0) is 32.9 Å². The Morgan fingerprint density at radius 2 is 2.10 bits per heavy atom. The highest BCUT2D eigenvalue weighted by Crippen LogP contribution is 2.25. The van der Waals surface area contributed by atoms with Gasteiger partial charge in [-0.25, -0.2) is 4.79 Å². The van der Waals surface area contributed by atoms with Crippen LogP contribution in [0, 0.1) is 6.92 Å². The molecule has 0 saturated heterocycles. The van der Waals surface area contributed by atoms with E-state index in [1.165, 1.54) is 11.8 Å². The Morgan fingerprint density at radius 3 is 2.62 bits per heavy atom. The number of nitrogens with zero attached hydrogens (tertiary/aromatic N) is 4. The number of aryl methyl sites for hydroxylation is 1. The number of nitrogens with one attached hydrogen (secondary N) is 1. The molecule has 2 heterocycles. The van der Waals surface area contributed by atoms with Gasteiger partial charge in [-0.3, -0.25) is 0 Å². The highest BCUT2D eigenvalue weighted by molar-refractivity contribution is 5.99. The van der Waals surface area contributed by atoms with E-state index in [1.807, 2.05) is 20.8 Å². The monoisotopic (exact) mass is 290 g/mol. The number of carbonyl (C=O) groups is 1. The Morgan fingerprint density at radius 1 is 1.38 bits per heavy atom. The lowest BCUT2D eigenvalue weighted by atomic mass is 10.2. The number of carbonyl (C=O) groups excluding carboxylic acids is 1. The summed E-state index contributed by atoms with van der Waals surface area (Å²) in [7, 11) is 1.30. The molecular formula is C13H18N6O2. The quantitative estimate of drug-likeness (QED) is 0.813. The van der Waals surface area contributed by atoms with Crippen molar-refractivity contribution in [3.8, 4) is 5.82 Å². The van der Waals surface area contributed by atoms with Crippen molar-refractivity contribution in [2.24, 2.45) is 0 Å². The van der Waals surface area contributed by atoms with Crippen LogP contribution >= 0.6 is 0 Å². The van der Waals surface area contributed by atoms with Crippen LogP contribution in [0.25, 0.3) is 5.82 Å². The maximum absolute atomic E-state index is 11.9. The molecule has 0 fully saturated rings. The van der Waals surface area contributed by atoms with Crippen LogP contribution in [0.2, 0.25) is 0 Å². The lowest BCUT2D eigenvalue weighted by Gasteiger charge is -2.07. The van der Waals surface area contributed by atoms with Gasteiger partial charge in [0, 0.05) is 6.04 Å². The van der Waals surface area contributed by atoms with Gasteiger partial charge in [0.1, 0.15) is 11.4 Å². The number of nitrogens with two attached hydrogens (primary N) is 1. The summed E-state index contributed by atoms with van der Waals surface area (Å²) in [6.07, 6.45) is 0. The summed E-state index contributed by atoms with van der Waals surface area (Å²) in [5, 5.41) is 15.3. The minimum atomic E-state index is -0.554. The Balaban J connectivity index is 2.55. The molecule has 0 spiro atoms. The molecule has 112 valence electrons. The summed E-state index contributed by atoms with van der Waals surface area (Å²) in [5.74, 6) is 0.391. The van der Waals surface area contributed by atoms with Crippen molar-refractivity contribution in [3.05, 3.63) is 23.4 Å². The van der Waals surface area contributed by atoms with Crippen molar-refractivity contribution in [1.29, 1.82) is 0 Å². The minimum absolute atomic E-state index is 0.0836. The van der Waals surface area contributed by atoms with Gasteiger partial charge in [-0.1, -0.05) is 0 Å². The molecule has 0 unspecified atom stereocenters. The molecule has 0 aromatic carbocycles. The van der Waals surface area contributed by atoms with Gasteiger partial charge in [0.05, 0.1) is 12.8 Å². The van der Waals surface area contributed by atoms with E-state index in [4.69, 9.17) is 10.5 Å². The second-order valence-corrected chi connectivity index (χ2v) is 4.84. The Kier molecular flexibility index (Phi) is 4.06. The molecule has 0 saturated carbocycles. The van der Waals surface area contributed by atoms with Gasteiger partial charge < -0.3 is 15.8 Å². The van der Waals surface area contributed by atoms with E-state index >= 15 is 0 Å². The normalized spacial score (nSPS) is 10.7. The molecule has 0 amide bonds. The highest BCUT2D eigenvalue weighted by Gasteiger charge is 2.24. The summed E-state index contributed by atoms with van der Waals surface area (Å²) in [6.45, 7) is 5.69. The first-order valence-electron chi connectivity index (χ1n) is 6.48. The van der Waals surface area contributed by atoms with E-state index in [-0.39, 0.29) is 17.4 Å². The van der Waals surface area contributed by atoms with Gasteiger partial charge in [0.15, 0.2) is 11.6 Å². The molecule has 8 nitrogen and oxygen atoms in total. The largest absolute Gasteiger partial charge is 0.465 e. The first-order valence-corrected chi connectivity index (χ1v) is 6.48. The molecule has 0 aliphatic rings. The zero-order valence-electron chi connectivity index (χ0n) is 12.4. The third-order valence-electron chi connectivity index (χ3n) is 2.74. The predicted molar refractivity (Wildman–Crippen MR) is 78.4 cm³/mol. The van der Waals surface area contributed by atoms with Crippen LogP contribution in [0.5, 0.6) is 0 Å². The van der Waals surface area contributed by atoms with Crippen molar-refractivity contribution in [2.45, 2.75) is 26.8 Å². The van der Waals surface area contributed by atoms with Crippen LogP contribution < -0.4 is 11.1 Å². The van der Waals surface area contributed by atoms with E-state index in [9.17, 15) is 4.79 Å². The van der Waals surface area contributed by atoms with Crippen molar-refractivity contribution in [3.63, 3.8) is 0 Å². The number of esters is 1. The lowest BCUT2D eigenvalue weighted by Crippen LogP contribution is -2.14. The fourth-order valence-corrected chi connectivity index (χ4v) is 1.79. The molecule has 0 aliphatic carbocycles. The molecule has 3 N–H and O–H groups in total. The smallest absolute Gasteiger partial charge is 0.345 e. The van der Waals surface area contributed by atoms with Crippen molar-refractivity contribution in [1.82, 2.24) is 20.0 Å². The number of ether oxygens (including phenoxy) is 1. The summed E-state index contributed by atoms with van der Waals surface area (Å²) < 4.78 is 6.12. The van der Waals surface area contributed by atoms with Gasteiger partial charge >= 0.3 is 5.97 Å². The van der Waals surface area contributed by atoms with Gasteiger partial charge in [-0.2, -0.15) is 9.78 Å². The number of methoxy groups -OCH3 is 1. The van der Waals surface area contributed by atoms with Gasteiger partial charge in [0.25, 0.3) is 0 Å². The van der Waals surface area contributed by atoms with Gasteiger partial charge in [0.2, 0.25) is 0 Å². The number of rotatable bonds is 4. The first-order chi connectivity index (χ1) is 9.93. The molecular weight excluding hydrogens is 272 g/mol. The van der Waals surface area contributed by atoms with Crippen LogP contribution in [-0.2, 0) is 4.74 Å². The predicted octanol–water partition coefficient (Wildman–Crippen LogP) is 1.16. The van der Waals surface area contributed by atoms with Crippen molar-refractivity contribution < 1.29 is 9.53 Å². The average molecular weight is 290 g/mol.